The van der Waals surface area contributed by atoms with E-state index < -0.39 is 5.97 Å². The standard InChI is InChI=1S/C13H18O4/c1-9(2)6-7-17-11-5-4-10(13(14)15)8-12(11)16-3/h4-5,8-9H,6-7H2,1-3H3,(H,14,15). The molecule has 0 aliphatic carbocycles. The number of ether oxygens (including phenoxy) is 2. The topological polar surface area (TPSA) is 55.8 Å². The minimum absolute atomic E-state index is 0.193. The fraction of sp³-hybridized carbons (Fsp3) is 0.462. The van der Waals surface area contributed by atoms with Crippen molar-refractivity contribution in [1.29, 1.82) is 0 Å². The van der Waals surface area contributed by atoms with Crippen LogP contribution in [0.4, 0.5) is 0 Å². The van der Waals surface area contributed by atoms with Gasteiger partial charge in [0.1, 0.15) is 0 Å². The van der Waals surface area contributed by atoms with Crippen molar-refractivity contribution < 1.29 is 19.4 Å². The van der Waals surface area contributed by atoms with Gasteiger partial charge >= 0.3 is 5.97 Å². The highest BCUT2D eigenvalue weighted by Crippen LogP contribution is 2.28. The number of carbonyl (C=O) groups is 1. The maximum atomic E-state index is 10.8. The zero-order valence-electron chi connectivity index (χ0n) is 10.4. The summed E-state index contributed by atoms with van der Waals surface area (Å²) in [6.45, 7) is 4.84. The van der Waals surface area contributed by atoms with E-state index >= 15 is 0 Å². The van der Waals surface area contributed by atoms with Gasteiger partial charge in [0, 0.05) is 0 Å². The predicted octanol–water partition coefficient (Wildman–Crippen LogP) is 2.82. The molecule has 1 aromatic carbocycles. The molecule has 4 heteroatoms. The molecule has 17 heavy (non-hydrogen) atoms. The summed E-state index contributed by atoms with van der Waals surface area (Å²) in [5, 5.41) is 8.85. The Morgan fingerprint density at radius 2 is 2.06 bits per heavy atom. The van der Waals surface area contributed by atoms with Gasteiger partial charge in [-0.2, -0.15) is 0 Å². The molecule has 0 saturated heterocycles. The van der Waals surface area contributed by atoms with Gasteiger partial charge in [-0.3, -0.25) is 0 Å². The number of carboxylic acids is 1. The van der Waals surface area contributed by atoms with Crippen LogP contribution in [0.5, 0.6) is 11.5 Å². The second kappa shape index (κ2) is 6.13. The molecular weight excluding hydrogens is 220 g/mol. The average molecular weight is 238 g/mol. The van der Waals surface area contributed by atoms with Crippen LogP contribution in [0.2, 0.25) is 0 Å². The van der Waals surface area contributed by atoms with E-state index in [0.29, 0.717) is 24.0 Å². The Kier molecular flexibility index (Phi) is 4.82. The normalized spacial score (nSPS) is 10.4. The summed E-state index contributed by atoms with van der Waals surface area (Å²) in [6, 6.07) is 4.60. The van der Waals surface area contributed by atoms with Gasteiger partial charge in [-0.25, -0.2) is 4.79 Å². The Hall–Kier alpha value is -1.71. The molecule has 0 saturated carbocycles. The number of hydrogen-bond donors (Lipinski definition) is 1. The molecule has 0 bridgehead atoms. The monoisotopic (exact) mass is 238 g/mol. The predicted molar refractivity (Wildman–Crippen MR) is 64.9 cm³/mol. The highest BCUT2D eigenvalue weighted by atomic mass is 16.5. The number of carboxylic acid groups (broad SMARTS) is 1. The smallest absolute Gasteiger partial charge is 0.335 e. The second-order valence-electron chi connectivity index (χ2n) is 4.20. The Bertz CT molecular complexity index is 385. The van der Waals surface area contributed by atoms with Crippen LogP contribution in [0.15, 0.2) is 18.2 Å². The minimum Gasteiger partial charge on any atom is -0.493 e. The van der Waals surface area contributed by atoms with Crippen molar-refractivity contribution >= 4 is 5.97 Å². The maximum Gasteiger partial charge on any atom is 0.335 e. The molecule has 0 amide bonds. The van der Waals surface area contributed by atoms with E-state index in [2.05, 4.69) is 13.8 Å². The molecule has 0 aliphatic rings. The summed E-state index contributed by atoms with van der Waals surface area (Å²) in [4.78, 5) is 10.8. The Balaban J connectivity index is 2.75. The van der Waals surface area contributed by atoms with E-state index in [-0.39, 0.29) is 5.56 Å². The van der Waals surface area contributed by atoms with Gasteiger partial charge in [-0.05, 0) is 30.5 Å². The van der Waals surface area contributed by atoms with Crippen molar-refractivity contribution in [2.45, 2.75) is 20.3 Å². The van der Waals surface area contributed by atoms with Crippen molar-refractivity contribution in [1.82, 2.24) is 0 Å². The summed E-state index contributed by atoms with van der Waals surface area (Å²) < 4.78 is 10.7. The summed E-state index contributed by atoms with van der Waals surface area (Å²) in [6.07, 6.45) is 0.948. The lowest BCUT2D eigenvalue weighted by Crippen LogP contribution is -2.04. The molecule has 0 heterocycles. The highest BCUT2D eigenvalue weighted by Gasteiger charge is 2.09. The molecule has 1 N–H and O–H groups in total. The fourth-order valence-electron chi connectivity index (χ4n) is 1.32. The van der Waals surface area contributed by atoms with Crippen LogP contribution >= 0.6 is 0 Å². The molecule has 1 rings (SSSR count). The number of hydrogen-bond acceptors (Lipinski definition) is 3. The molecule has 1 aromatic rings. The quantitative estimate of drug-likeness (QED) is 0.828. The summed E-state index contributed by atoms with van der Waals surface area (Å²) in [5.41, 5.74) is 0.193. The van der Waals surface area contributed by atoms with Crippen LogP contribution in [-0.2, 0) is 0 Å². The van der Waals surface area contributed by atoms with Crippen molar-refractivity contribution in [3.63, 3.8) is 0 Å². The minimum atomic E-state index is -0.975. The van der Waals surface area contributed by atoms with Gasteiger partial charge in [-0.15, -0.1) is 0 Å². The number of aromatic carboxylic acids is 1. The lowest BCUT2D eigenvalue weighted by molar-refractivity contribution is 0.0696. The van der Waals surface area contributed by atoms with Crippen molar-refractivity contribution in [2.75, 3.05) is 13.7 Å². The van der Waals surface area contributed by atoms with Crippen LogP contribution in [0.1, 0.15) is 30.6 Å². The van der Waals surface area contributed by atoms with Crippen LogP contribution in [0.25, 0.3) is 0 Å². The van der Waals surface area contributed by atoms with Gasteiger partial charge in [0.05, 0.1) is 19.3 Å². The first-order valence-corrected chi connectivity index (χ1v) is 5.58. The Labute approximate surface area is 101 Å². The molecule has 94 valence electrons. The molecule has 0 spiro atoms. The van der Waals surface area contributed by atoms with Crippen LogP contribution in [-0.4, -0.2) is 24.8 Å². The third-order valence-corrected chi connectivity index (χ3v) is 2.36. The van der Waals surface area contributed by atoms with Crippen molar-refractivity contribution in [2.24, 2.45) is 5.92 Å². The Morgan fingerprint density at radius 3 is 2.59 bits per heavy atom. The van der Waals surface area contributed by atoms with Gasteiger partial charge in [0.2, 0.25) is 0 Å². The molecular formula is C13H18O4. The van der Waals surface area contributed by atoms with Gasteiger partial charge in [0.25, 0.3) is 0 Å². The molecule has 0 aliphatic heterocycles. The zero-order chi connectivity index (χ0) is 12.8. The van der Waals surface area contributed by atoms with E-state index in [1.165, 1.54) is 19.2 Å². The first-order valence-electron chi connectivity index (χ1n) is 5.58. The third-order valence-electron chi connectivity index (χ3n) is 2.36. The molecule has 4 nitrogen and oxygen atoms in total. The van der Waals surface area contributed by atoms with Gasteiger partial charge < -0.3 is 14.6 Å². The lowest BCUT2D eigenvalue weighted by atomic mass is 10.1. The molecule has 0 aromatic heterocycles. The summed E-state index contributed by atoms with van der Waals surface area (Å²) >= 11 is 0. The van der Waals surface area contributed by atoms with E-state index in [0.717, 1.165) is 6.42 Å². The summed E-state index contributed by atoms with van der Waals surface area (Å²) in [5.74, 6) is 0.628. The second-order valence-corrected chi connectivity index (χ2v) is 4.20. The first-order chi connectivity index (χ1) is 8.04. The summed E-state index contributed by atoms with van der Waals surface area (Å²) in [7, 11) is 1.50. The maximum absolute atomic E-state index is 10.8. The zero-order valence-corrected chi connectivity index (χ0v) is 10.4. The largest absolute Gasteiger partial charge is 0.493 e. The Morgan fingerprint density at radius 1 is 1.35 bits per heavy atom. The highest BCUT2D eigenvalue weighted by molar-refractivity contribution is 5.88. The average Bonchev–Trinajstić information content (AvgIpc) is 2.28. The van der Waals surface area contributed by atoms with Crippen molar-refractivity contribution in [3.8, 4) is 11.5 Å². The molecule has 0 atom stereocenters. The van der Waals surface area contributed by atoms with Crippen molar-refractivity contribution in [3.05, 3.63) is 23.8 Å². The van der Waals surface area contributed by atoms with E-state index in [1.807, 2.05) is 0 Å². The number of benzene rings is 1. The molecule has 0 radical (unpaired) electrons. The first kappa shape index (κ1) is 13.4. The molecule has 0 fully saturated rings. The van der Waals surface area contributed by atoms with E-state index in [9.17, 15) is 4.79 Å². The van der Waals surface area contributed by atoms with Gasteiger partial charge in [-0.1, -0.05) is 13.8 Å². The SMILES string of the molecule is COc1cc(C(=O)O)ccc1OCCC(C)C. The lowest BCUT2D eigenvalue weighted by Gasteiger charge is -2.12. The van der Waals surface area contributed by atoms with Crippen LogP contribution in [0, 0.1) is 5.92 Å². The van der Waals surface area contributed by atoms with E-state index in [1.54, 1.807) is 6.07 Å². The van der Waals surface area contributed by atoms with Gasteiger partial charge in [0.15, 0.2) is 11.5 Å². The third kappa shape index (κ3) is 3.98. The van der Waals surface area contributed by atoms with Crippen LogP contribution in [0.3, 0.4) is 0 Å². The number of methoxy groups -OCH3 is 1. The molecule has 0 unspecified atom stereocenters. The number of rotatable bonds is 6. The van der Waals surface area contributed by atoms with E-state index in [4.69, 9.17) is 14.6 Å². The van der Waals surface area contributed by atoms with Crippen LogP contribution < -0.4 is 9.47 Å². The fourth-order valence-corrected chi connectivity index (χ4v) is 1.32.